The number of hydrogen-bond acceptors (Lipinski definition) is 4. The molecule has 0 spiro atoms. The van der Waals surface area contributed by atoms with E-state index in [-0.39, 0.29) is 17.9 Å². The Hall–Kier alpha value is -3.06. The van der Waals surface area contributed by atoms with Crippen LogP contribution in [0.15, 0.2) is 42.5 Å². The van der Waals surface area contributed by atoms with Crippen LogP contribution in [0, 0.1) is 19.8 Å². The van der Waals surface area contributed by atoms with Crippen LogP contribution in [-0.2, 0) is 14.3 Å². The number of rotatable bonds is 9. The number of aryl methyl sites for hydroxylation is 2. The minimum absolute atomic E-state index is 0.206. The summed E-state index contributed by atoms with van der Waals surface area (Å²) in [6, 6.07) is 10.7. The van der Waals surface area contributed by atoms with E-state index in [1.54, 1.807) is 31.7 Å². The molecule has 0 aliphatic heterocycles. The first-order valence-electron chi connectivity index (χ1n) is 13.1. The van der Waals surface area contributed by atoms with E-state index in [1.807, 2.05) is 77.9 Å². The third-order valence-corrected chi connectivity index (χ3v) is 6.76. The number of anilines is 1. The second kappa shape index (κ2) is 13.1. The quantitative estimate of drug-likeness (QED) is 0.363. The van der Waals surface area contributed by atoms with Crippen molar-refractivity contribution in [3.8, 4) is 0 Å². The molecule has 8 heteroatoms. The van der Waals surface area contributed by atoms with Gasteiger partial charge in [0, 0.05) is 6.04 Å². The molecule has 208 valence electrons. The summed E-state index contributed by atoms with van der Waals surface area (Å²) in [5.74, 6) is -0.958. The highest BCUT2D eigenvalue weighted by Gasteiger charge is 2.40. The van der Waals surface area contributed by atoms with Gasteiger partial charge in [-0.2, -0.15) is 0 Å². The highest BCUT2D eigenvalue weighted by Crippen LogP contribution is 2.32. The average molecular weight is 544 g/mol. The van der Waals surface area contributed by atoms with Gasteiger partial charge in [-0.3, -0.25) is 9.59 Å². The number of para-hydroxylation sites is 1. The number of amides is 3. The molecule has 38 heavy (non-hydrogen) atoms. The number of benzene rings is 2. The molecule has 0 aromatic heterocycles. The zero-order valence-electron chi connectivity index (χ0n) is 24.0. The zero-order chi connectivity index (χ0) is 28.8. The van der Waals surface area contributed by atoms with Gasteiger partial charge in [-0.05, 0) is 77.1 Å². The summed E-state index contributed by atoms with van der Waals surface area (Å²) in [6.45, 7) is 16.6. The summed E-state index contributed by atoms with van der Waals surface area (Å²) in [4.78, 5) is 42.6. The van der Waals surface area contributed by atoms with Crippen molar-refractivity contribution in [1.29, 1.82) is 0 Å². The monoisotopic (exact) mass is 543 g/mol. The molecule has 3 unspecified atom stereocenters. The first kappa shape index (κ1) is 31.2. The number of hydrogen-bond donors (Lipinski definition) is 2. The van der Waals surface area contributed by atoms with Gasteiger partial charge >= 0.3 is 6.09 Å². The third kappa shape index (κ3) is 7.97. The highest BCUT2D eigenvalue weighted by molar-refractivity contribution is 6.34. The van der Waals surface area contributed by atoms with Crippen LogP contribution in [-0.4, -0.2) is 40.5 Å². The molecule has 0 fully saturated rings. The first-order chi connectivity index (χ1) is 17.7. The van der Waals surface area contributed by atoms with E-state index in [9.17, 15) is 14.4 Å². The minimum Gasteiger partial charge on any atom is -0.444 e. The standard InChI is InChI=1S/C30H42ClN3O4/c1-10-19(4)25(33-29(37)38-30(7,8)9)28(36)34(18(2)3)26(22-16-12-11-14-20(22)5)27(35)32-24-21(6)15-13-17-23(24)31/h11-19,25-26H,10H2,1-9H3,(H,32,35)(H,33,37). The number of nitrogens with one attached hydrogen (secondary N) is 2. The Kier molecular flexibility index (Phi) is 10.8. The van der Waals surface area contributed by atoms with Crippen LogP contribution in [0.1, 0.15) is 77.6 Å². The maximum Gasteiger partial charge on any atom is 0.408 e. The predicted molar refractivity (Wildman–Crippen MR) is 153 cm³/mol. The Morgan fingerprint density at radius 1 is 0.974 bits per heavy atom. The fraction of sp³-hybridized carbons (Fsp3) is 0.500. The SMILES string of the molecule is CCC(C)C(NC(=O)OC(C)(C)C)C(=O)N(C(C)C)C(C(=O)Nc1c(C)cccc1Cl)c1ccccc1C. The number of ether oxygens (including phenoxy) is 1. The maximum absolute atomic E-state index is 14.3. The molecule has 2 rings (SSSR count). The molecule has 0 aliphatic rings. The van der Waals surface area contributed by atoms with Gasteiger partial charge in [-0.15, -0.1) is 0 Å². The van der Waals surface area contributed by atoms with Crippen LogP contribution in [0.2, 0.25) is 5.02 Å². The Labute approximate surface area is 232 Å². The van der Waals surface area contributed by atoms with Gasteiger partial charge < -0.3 is 20.3 Å². The summed E-state index contributed by atoms with van der Waals surface area (Å²) in [5.41, 5.74) is 2.14. The largest absolute Gasteiger partial charge is 0.444 e. The lowest BCUT2D eigenvalue weighted by Gasteiger charge is -2.39. The topological polar surface area (TPSA) is 87.7 Å². The van der Waals surface area contributed by atoms with Crippen molar-refractivity contribution in [2.24, 2.45) is 5.92 Å². The molecule has 7 nitrogen and oxygen atoms in total. The number of carbonyl (C=O) groups excluding carboxylic acids is 3. The Morgan fingerprint density at radius 2 is 1.58 bits per heavy atom. The zero-order valence-corrected chi connectivity index (χ0v) is 24.8. The molecule has 3 atom stereocenters. The van der Waals surface area contributed by atoms with Crippen molar-refractivity contribution in [3.05, 3.63) is 64.2 Å². The smallest absolute Gasteiger partial charge is 0.408 e. The average Bonchev–Trinajstić information content (AvgIpc) is 2.81. The molecule has 0 heterocycles. The second-order valence-electron chi connectivity index (χ2n) is 11.0. The summed E-state index contributed by atoms with van der Waals surface area (Å²) in [5, 5.41) is 6.16. The van der Waals surface area contributed by atoms with Crippen LogP contribution in [0.4, 0.5) is 10.5 Å². The van der Waals surface area contributed by atoms with E-state index in [0.29, 0.717) is 22.7 Å². The van der Waals surface area contributed by atoms with E-state index >= 15 is 0 Å². The number of alkyl carbamates (subject to hydrolysis) is 1. The molecule has 0 bridgehead atoms. The summed E-state index contributed by atoms with van der Waals surface area (Å²) >= 11 is 6.42. The highest BCUT2D eigenvalue weighted by atomic mass is 35.5. The van der Waals surface area contributed by atoms with Crippen LogP contribution in [0.5, 0.6) is 0 Å². The molecular formula is C30H42ClN3O4. The van der Waals surface area contributed by atoms with Crippen molar-refractivity contribution in [2.75, 3.05) is 5.32 Å². The first-order valence-corrected chi connectivity index (χ1v) is 13.5. The van der Waals surface area contributed by atoms with Crippen molar-refractivity contribution in [3.63, 3.8) is 0 Å². The molecule has 3 amide bonds. The molecule has 0 radical (unpaired) electrons. The molecule has 0 aliphatic carbocycles. The number of carbonyl (C=O) groups is 3. The molecule has 2 aromatic rings. The van der Waals surface area contributed by atoms with Gasteiger partial charge in [-0.1, -0.05) is 68.3 Å². The van der Waals surface area contributed by atoms with E-state index in [1.165, 1.54) is 0 Å². The molecule has 0 saturated heterocycles. The molecule has 2 aromatic carbocycles. The van der Waals surface area contributed by atoms with Crippen LogP contribution in [0.3, 0.4) is 0 Å². The van der Waals surface area contributed by atoms with Crippen LogP contribution >= 0.6 is 11.6 Å². The lowest BCUT2D eigenvalue weighted by atomic mass is 9.93. The summed E-state index contributed by atoms with van der Waals surface area (Å²) in [7, 11) is 0. The van der Waals surface area contributed by atoms with Gasteiger partial charge in [0.1, 0.15) is 17.7 Å². The lowest BCUT2D eigenvalue weighted by molar-refractivity contribution is -0.144. The molecular weight excluding hydrogens is 502 g/mol. The van der Waals surface area contributed by atoms with Gasteiger partial charge in [-0.25, -0.2) is 4.79 Å². The van der Waals surface area contributed by atoms with Crippen molar-refractivity contribution in [1.82, 2.24) is 10.2 Å². The Bertz CT molecular complexity index is 1120. The van der Waals surface area contributed by atoms with E-state index in [0.717, 1.165) is 11.1 Å². The van der Waals surface area contributed by atoms with Crippen molar-refractivity contribution >= 4 is 35.2 Å². The number of halogens is 1. The molecule has 0 saturated carbocycles. The third-order valence-electron chi connectivity index (χ3n) is 6.44. The van der Waals surface area contributed by atoms with E-state index < -0.39 is 29.7 Å². The Balaban J connectivity index is 2.60. The maximum atomic E-state index is 14.3. The predicted octanol–water partition coefficient (Wildman–Crippen LogP) is 6.81. The molecule has 2 N–H and O–H groups in total. The lowest BCUT2D eigenvalue weighted by Crippen LogP contribution is -2.56. The van der Waals surface area contributed by atoms with Crippen molar-refractivity contribution < 1.29 is 19.1 Å². The van der Waals surface area contributed by atoms with Crippen molar-refractivity contribution in [2.45, 2.75) is 92.5 Å². The van der Waals surface area contributed by atoms with Crippen LogP contribution in [0.25, 0.3) is 0 Å². The normalized spacial score (nSPS) is 13.9. The summed E-state index contributed by atoms with van der Waals surface area (Å²) < 4.78 is 5.46. The van der Waals surface area contributed by atoms with Gasteiger partial charge in [0.25, 0.3) is 5.91 Å². The fourth-order valence-electron chi connectivity index (χ4n) is 4.25. The Morgan fingerprint density at radius 3 is 2.11 bits per heavy atom. The van der Waals surface area contributed by atoms with Gasteiger partial charge in [0.05, 0.1) is 10.7 Å². The minimum atomic E-state index is -0.966. The fourth-order valence-corrected chi connectivity index (χ4v) is 4.52. The van der Waals surface area contributed by atoms with E-state index in [2.05, 4.69) is 10.6 Å². The van der Waals surface area contributed by atoms with Crippen LogP contribution < -0.4 is 10.6 Å². The number of nitrogens with zero attached hydrogens (tertiary/aromatic N) is 1. The van der Waals surface area contributed by atoms with Gasteiger partial charge in [0.2, 0.25) is 5.91 Å². The van der Waals surface area contributed by atoms with E-state index in [4.69, 9.17) is 16.3 Å². The summed E-state index contributed by atoms with van der Waals surface area (Å²) in [6.07, 6.45) is -0.0403. The van der Waals surface area contributed by atoms with Gasteiger partial charge in [0.15, 0.2) is 0 Å². The second-order valence-corrected chi connectivity index (χ2v) is 11.4.